The summed E-state index contributed by atoms with van der Waals surface area (Å²) in [5.74, 6) is -0.359. The van der Waals surface area contributed by atoms with Crippen molar-refractivity contribution in [2.24, 2.45) is 0 Å². The number of thioether (sulfide) groups is 1. The normalized spacial score (nSPS) is 11.1. The summed E-state index contributed by atoms with van der Waals surface area (Å²) in [6, 6.07) is 14.7. The first-order chi connectivity index (χ1) is 15.4. The summed E-state index contributed by atoms with van der Waals surface area (Å²) in [6.45, 7) is 3.69. The summed E-state index contributed by atoms with van der Waals surface area (Å²) >= 11 is 2.61. The van der Waals surface area contributed by atoms with Crippen LogP contribution in [0, 0.1) is 6.92 Å². The zero-order valence-corrected chi connectivity index (χ0v) is 19.5. The van der Waals surface area contributed by atoms with E-state index in [2.05, 4.69) is 10.3 Å². The topological polar surface area (TPSA) is 86.0 Å². The Balaban J connectivity index is 1.83. The SMILES string of the molecule is CCc1ccccc1NC(=O)Cn1c(=O)n(-c2ccc(C)cc2)c(=O)c2sc(SC)nc21. The van der Waals surface area contributed by atoms with Crippen LogP contribution in [0.15, 0.2) is 62.5 Å². The molecule has 0 bridgehead atoms. The molecule has 4 aromatic rings. The third-order valence-electron chi connectivity index (χ3n) is 5.11. The number of nitrogens with one attached hydrogen (secondary N) is 1. The highest BCUT2D eigenvalue weighted by Crippen LogP contribution is 2.25. The van der Waals surface area contributed by atoms with Gasteiger partial charge in [0.25, 0.3) is 5.56 Å². The Morgan fingerprint density at radius 1 is 1.12 bits per heavy atom. The first kappa shape index (κ1) is 22.0. The van der Waals surface area contributed by atoms with Gasteiger partial charge >= 0.3 is 5.69 Å². The molecule has 0 aliphatic rings. The van der Waals surface area contributed by atoms with Gasteiger partial charge in [-0.1, -0.05) is 54.6 Å². The quantitative estimate of drug-likeness (QED) is 0.437. The van der Waals surface area contributed by atoms with Crippen molar-refractivity contribution < 1.29 is 4.79 Å². The van der Waals surface area contributed by atoms with Crippen LogP contribution in [-0.2, 0) is 17.8 Å². The molecule has 0 aliphatic carbocycles. The van der Waals surface area contributed by atoms with E-state index in [-0.39, 0.29) is 18.1 Å². The van der Waals surface area contributed by atoms with Gasteiger partial charge in [-0.2, -0.15) is 0 Å². The van der Waals surface area contributed by atoms with E-state index in [0.717, 1.165) is 22.1 Å². The lowest BCUT2D eigenvalue weighted by molar-refractivity contribution is -0.116. The van der Waals surface area contributed by atoms with Crippen LogP contribution in [0.2, 0.25) is 0 Å². The van der Waals surface area contributed by atoms with Crippen LogP contribution in [0.5, 0.6) is 0 Å². The molecular weight excluding hydrogens is 444 g/mol. The van der Waals surface area contributed by atoms with Crippen LogP contribution in [0.4, 0.5) is 5.69 Å². The summed E-state index contributed by atoms with van der Waals surface area (Å²) in [4.78, 5) is 43.9. The van der Waals surface area contributed by atoms with Crippen molar-refractivity contribution in [1.82, 2.24) is 14.1 Å². The van der Waals surface area contributed by atoms with Crippen molar-refractivity contribution in [2.75, 3.05) is 11.6 Å². The number of thiazole rings is 1. The van der Waals surface area contributed by atoms with Gasteiger partial charge in [0, 0.05) is 5.69 Å². The Kier molecular flexibility index (Phi) is 6.29. The number of aromatic nitrogens is 3. The van der Waals surface area contributed by atoms with E-state index in [9.17, 15) is 14.4 Å². The number of hydrogen-bond donors (Lipinski definition) is 1. The van der Waals surface area contributed by atoms with Gasteiger partial charge in [-0.25, -0.2) is 14.3 Å². The van der Waals surface area contributed by atoms with Gasteiger partial charge in [-0.3, -0.25) is 14.2 Å². The van der Waals surface area contributed by atoms with E-state index < -0.39 is 11.2 Å². The van der Waals surface area contributed by atoms with E-state index in [1.54, 1.807) is 12.1 Å². The molecule has 0 spiro atoms. The summed E-state index contributed by atoms with van der Waals surface area (Å²) in [6.07, 6.45) is 2.62. The van der Waals surface area contributed by atoms with Gasteiger partial charge in [0.2, 0.25) is 5.91 Å². The van der Waals surface area contributed by atoms with Crippen molar-refractivity contribution in [3.05, 3.63) is 80.5 Å². The highest BCUT2D eigenvalue weighted by Gasteiger charge is 2.20. The van der Waals surface area contributed by atoms with E-state index in [0.29, 0.717) is 20.4 Å². The summed E-state index contributed by atoms with van der Waals surface area (Å²) in [5, 5.41) is 2.89. The number of fused-ring (bicyclic) bond motifs is 1. The van der Waals surface area contributed by atoms with E-state index in [1.807, 2.05) is 56.5 Å². The lowest BCUT2D eigenvalue weighted by Crippen LogP contribution is -2.40. The molecule has 2 aromatic heterocycles. The Labute approximate surface area is 192 Å². The van der Waals surface area contributed by atoms with E-state index in [1.165, 1.54) is 27.7 Å². The summed E-state index contributed by atoms with van der Waals surface area (Å²) in [7, 11) is 0. The van der Waals surface area contributed by atoms with Gasteiger partial charge in [-0.05, 0) is 43.4 Å². The number of aryl methyl sites for hydroxylation is 2. The molecule has 1 amide bonds. The lowest BCUT2D eigenvalue weighted by Gasteiger charge is -2.13. The molecule has 32 heavy (non-hydrogen) atoms. The van der Waals surface area contributed by atoms with E-state index >= 15 is 0 Å². The van der Waals surface area contributed by atoms with E-state index in [4.69, 9.17) is 0 Å². The third kappa shape index (κ3) is 4.13. The van der Waals surface area contributed by atoms with Crippen LogP contribution in [-0.4, -0.2) is 26.3 Å². The maximum absolute atomic E-state index is 13.4. The largest absolute Gasteiger partial charge is 0.337 e. The number of carbonyl (C=O) groups is 1. The molecule has 0 unspecified atom stereocenters. The van der Waals surface area contributed by atoms with Crippen molar-refractivity contribution in [3.63, 3.8) is 0 Å². The molecule has 7 nitrogen and oxygen atoms in total. The Morgan fingerprint density at radius 3 is 2.53 bits per heavy atom. The fourth-order valence-corrected chi connectivity index (χ4v) is 4.94. The maximum Gasteiger partial charge on any atom is 0.337 e. The highest BCUT2D eigenvalue weighted by atomic mass is 32.2. The minimum atomic E-state index is -0.594. The second-order valence-electron chi connectivity index (χ2n) is 7.24. The minimum Gasteiger partial charge on any atom is -0.324 e. The standard InChI is InChI=1S/C23H22N4O3S2/c1-4-15-7-5-6-8-17(15)24-18(28)13-26-20-19(32-22(25-20)31-3)21(29)27(23(26)30)16-11-9-14(2)10-12-16/h5-12H,4,13H2,1-3H3,(H,24,28). The number of para-hydroxylation sites is 1. The molecule has 0 radical (unpaired) electrons. The molecule has 164 valence electrons. The predicted molar refractivity (Wildman–Crippen MR) is 130 cm³/mol. The number of rotatable bonds is 6. The Hall–Kier alpha value is -3.17. The lowest BCUT2D eigenvalue weighted by atomic mass is 10.1. The fraction of sp³-hybridized carbons (Fsp3) is 0.217. The second kappa shape index (κ2) is 9.13. The minimum absolute atomic E-state index is 0.233. The maximum atomic E-state index is 13.4. The number of anilines is 1. The molecule has 0 atom stereocenters. The van der Waals surface area contributed by atoms with Crippen LogP contribution in [0.1, 0.15) is 18.1 Å². The zero-order valence-electron chi connectivity index (χ0n) is 17.9. The third-order valence-corrected chi connectivity index (χ3v) is 7.12. The van der Waals surface area contributed by atoms with Crippen molar-refractivity contribution >= 4 is 45.0 Å². The zero-order chi connectivity index (χ0) is 22.8. The van der Waals surface area contributed by atoms with Gasteiger partial charge in [0.1, 0.15) is 11.2 Å². The van der Waals surface area contributed by atoms with Crippen LogP contribution < -0.4 is 16.6 Å². The van der Waals surface area contributed by atoms with Gasteiger partial charge in [0.05, 0.1) is 5.69 Å². The summed E-state index contributed by atoms with van der Waals surface area (Å²) < 4.78 is 3.38. The average molecular weight is 467 g/mol. The van der Waals surface area contributed by atoms with Gasteiger partial charge in [0.15, 0.2) is 9.99 Å². The van der Waals surface area contributed by atoms with Gasteiger partial charge in [-0.15, -0.1) is 11.3 Å². The average Bonchev–Trinajstić information content (AvgIpc) is 3.23. The molecule has 1 N–H and O–H groups in total. The molecule has 2 aromatic carbocycles. The first-order valence-electron chi connectivity index (χ1n) is 10.1. The second-order valence-corrected chi connectivity index (χ2v) is 9.29. The van der Waals surface area contributed by atoms with Crippen LogP contribution in [0.25, 0.3) is 16.0 Å². The molecule has 9 heteroatoms. The molecule has 0 aliphatic heterocycles. The van der Waals surface area contributed by atoms with Crippen molar-refractivity contribution in [2.45, 2.75) is 31.2 Å². The van der Waals surface area contributed by atoms with Crippen molar-refractivity contribution in [3.8, 4) is 5.69 Å². The number of hydrogen-bond acceptors (Lipinski definition) is 6. The molecule has 0 saturated carbocycles. The predicted octanol–water partition coefficient (Wildman–Crippen LogP) is 3.84. The Morgan fingerprint density at radius 2 is 1.84 bits per heavy atom. The fourth-order valence-electron chi connectivity index (χ4n) is 3.45. The number of nitrogens with zero attached hydrogens (tertiary/aromatic N) is 3. The number of benzene rings is 2. The number of carbonyl (C=O) groups excluding carboxylic acids is 1. The molecular formula is C23H22N4O3S2. The highest BCUT2D eigenvalue weighted by molar-refractivity contribution is 8.00. The first-order valence-corrected chi connectivity index (χ1v) is 12.1. The summed E-state index contributed by atoms with van der Waals surface area (Å²) in [5.41, 5.74) is 2.39. The molecule has 0 saturated heterocycles. The Bertz CT molecular complexity index is 1420. The smallest absolute Gasteiger partial charge is 0.324 e. The number of amides is 1. The van der Waals surface area contributed by atoms with Crippen LogP contribution >= 0.6 is 23.1 Å². The van der Waals surface area contributed by atoms with Crippen LogP contribution in [0.3, 0.4) is 0 Å². The molecule has 4 rings (SSSR count). The molecule has 2 heterocycles. The van der Waals surface area contributed by atoms with Crippen molar-refractivity contribution in [1.29, 1.82) is 0 Å². The monoisotopic (exact) mass is 466 g/mol. The van der Waals surface area contributed by atoms with Gasteiger partial charge < -0.3 is 5.32 Å². The molecule has 0 fully saturated rings.